The number of rotatable bonds is 5. The number of anilines is 1. The van der Waals surface area contributed by atoms with Gasteiger partial charge in [-0.05, 0) is 43.0 Å². The number of carbonyl (C=O) groups is 2. The smallest absolute Gasteiger partial charge is 0.339 e. The quantitative estimate of drug-likeness (QED) is 0.846. The Kier molecular flexibility index (Phi) is 5.27. The number of nitrogens with one attached hydrogen (secondary N) is 1. The number of para-hydroxylation sites is 1. The highest BCUT2D eigenvalue weighted by Gasteiger charge is 2.28. The summed E-state index contributed by atoms with van der Waals surface area (Å²) >= 11 is 1.73. The number of ether oxygens (including phenoxy) is 1. The van der Waals surface area contributed by atoms with Gasteiger partial charge in [-0.25, -0.2) is 4.79 Å². The summed E-state index contributed by atoms with van der Waals surface area (Å²) in [4.78, 5) is 27.7. The van der Waals surface area contributed by atoms with Gasteiger partial charge in [0.2, 0.25) is 5.91 Å². The molecule has 0 saturated carbocycles. The van der Waals surface area contributed by atoms with Crippen molar-refractivity contribution in [2.45, 2.75) is 18.9 Å². The molecular formula is C18H20N2O3S. The standard InChI is InChI=1S/C18H20N2O3S/c1-23-18(22)13-6-2-3-7-14(13)19-17(21)12-20-10-4-8-15(20)16-9-5-11-24-16/h2-3,5-7,9,11,15H,4,8,10,12H2,1H3,(H,19,21)/t15-/m0/s1. The lowest BCUT2D eigenvalue weighted by atomic mass is 10.1. The molecule has 0 aliphatic carbocycles. The van der Waals surface area contributed by atoms with Crippen molar-refractivity contribution in [1.29, 1.82) is 0 Å². The molecule has 1 aliphatic heterocycles. The van der Waals surface area contributed by atoms with Crippen molar-refractivity contribution < 1.29 is 14.3 Å². The van der Waals surface area contributed by atoms with Crippen molar-refractivity contribution in [2.75, 3.05) is 25.5 Å². The first-order chi connectivity index (χ1) is 11.7. The average molecular weight is 344 g/mol. The number of benzene rings is 1. The van der Waals surface area contributed by atoms with E-state index in [0.717, 1.165) is 19.4 Å². The van der Waals surface area contributed by atoms with E-state index in [4.69, 9.17) is 4.74 Å². The first kappa shape index (κ1) is 16.7. The first-order valence-corrected chi connectivity index (χ1v) is 8.81. The number of nitrogens with zero attached hydrogens (tertiary/aromatic N) is 1. The molecule has 2 heterocycles. The molecule has 1 fully saturated rings. The highest BCUT2D eigenvalue weighted by atomic mass is 32.1. The van der Waals surface area contributed by atoms with Crippen LogP contribution in [0.15, 0.2) is 41.8 Å². The van der Waals surface area contributed by atoms with Crippen LogP contribution in [-0.4, -0.2) is 37.0 Å². The number of hydrogen-bond acceptors (Lipinski definition) is 5. The van der Waals surface area contributed by atoms with Crippen LogP contribution in [0.25, 0.3) is 0 Å². The van der Waals surface area contributed by atoms with Crippen LogP contribution < -0.4 is 5.32 Å². The normalized spacial score (nSPS) is 17.6. The molecule has 1 aromatic heterocycles. The molecule has 24 heavy (non-hydrogen) atoms. The number of esters is 1. The summed E-state index contributed by atoms with van der Waals surface area (Å²) in [5.41, 5.74) is 0.853. The fourth-order valence-electron chi connectivity index (χ4n) is 3.07. The zero-order valence-corrected chi connectivity index (χ0v) is 14.3. The van der Waals surface area contributed by atoms with E-state index in [1.807, 2.05) is 6.07 Å². The molecule has 1 amide bonds. The number of thiophene rings is 1. The van der Waals surface area contributed by atoms with Crippen LogP contribution in [0.3, 0.4) is 0 Å². The molecule has 1 saturated heterocycles. The summed E-state index contributed by atoms with van der Waals surface area (Å²) in [7, 11) is 1.33. The molecule has 1 aliphatic rings. The maximum atomic E-state index is 12.4. The number of amides is 1. The highest BCUT2D eigenvalue weighted by molar-refractivity contribution is 7.10. The van der Waals surface area contributed by atoms with Gasteiger partial charge in [0.15, 0.2) is 0 Å². The van der Waals surface area contributed by atoms with Crippen molar-refractivity contribution >= 4 is 28.9 Å². The molecule has 1 N–H and O–H groups in total. The summed E-state index contributed by atoms with van der Waals surface area (Å²) in [5.74, 6) is -0.571. The number of likely N-dealkylation sites (tertiary alicyclic amines) is 1. The lowest BCUT2D eigenvalue weighted by Gasteiger charge is -2.23. The van der Waals surface area contributed by atoms with Crippen molar-refractivity contribution in [3.05, 3.63) is 52.2 Å². The summed E-state index contributed by atoms with van der Waals surface area (Å²) in [6.07, 6.45) is 2.17. The fourth-order valence-corrected chi connectivity index (χ4v) is 3.97. The zero-order valence-electron chi connectivity index (χ0n) is 13.5. The van der Waals surface area contributed by atoms with E-state index in [9.17, 15) is 9.59 Å². The number of hydrogen-bond donors (Lipinski definition) is 1. The van der Waals surface area contributed by atoms with Crippen molar-refractivity contribution in [2.24, 2.45) is 0 Å². The van der Waals surface area contributed by atoms with Crippen molar-refractivity contribution in [1.82, 2.24) is 4.90 Å². The second-order valence-electron chi connectivity index (χ2n) is 5.73. The van der Waals surface area contributed by atoms with E-state index in [1.165, 1.54) is 12.0 Å². The van der Waals surface area contributed by atoms with Gasteiger partial charge in [0.1, 0.15) is 0 Å². The third-order valence-corrected chi connectivity index (χ3v) is 5.16. The highest BCUT2D eigenvalue weighted by Crippen LogP contribution is 2.34. The van der Waals surface area contributed by atoms with Crippen molar-refractivity contribution in [3.63, 3.8) is 0 Å². The third kappa shape index (κ3) is 3.66. The summed E-state index contributed by atoms with van der Waals surface area (Å²) in [6.45, 7) is 1.23. The first-order valence-electron chi connectivity index (χ1n) is 7.93. The molecule has 1 aromatic carbocycles. The predicted octanol–water partition coefficient (Wildman–Crippen LogP) is 3.31. The minimum absolute atomic E-state index is 0.116. The summed E-state index contributed by atoms with van der Waals surface area (Å²) in [6, 6.07) is 11.4. The second kappa shape index (κ2) is 7.59. The number of methoxy groups -OCH3 is 1. The Morgan fingerprint density at radius 1 is 1.29 bits per heavy atom. The Morgan fingerprint density at radius 3 is 2.88 bits per heavy atom. The second-order valence-corrected chi connectivity index (χ2v) is 6.71. The van der Waals surface area contributed by atoms with Gasteiger partial charge >= 0.3 is 5.97 Å². The Bertz CT molecular complexity index is 715. The molecular weight excluding hydrogens is 324 g/mol. The Balaban J connectivity index is 1.67. The Morgan fingerprint density at radius 2 is 2.12 bits per heavy atom. The summed E-state index contributed by atoms with van der Waals surface area (Å²) < 4.78 is 4.76. The molecule has 6 heteroatoms. The van der Waals surface area contributed by atoms with E-state index in [1.54, 1.807) is 35.6 Å². The van der Waals surface area contributed by atoms with Gasteiger partial charge in [-0.1, -0.05) is 18.2 Å². The van der Waals surface area contributed by atoms with E-state index in [-0.39, 0.29) is 5.91 Å². The SMILES string of the molecule is COC(=O)c1ccccc1NC(=O)CN1CCC[C@H]1c1cccs1. The minimum atomic E-state index is -0.455. The molecule has 0 bridgehead atoms. The molecule has 2 aromatic rings. The molecule has 0 radical (unpaired) electrons. The largest absolute Gasteiger partial charge is 0.465 e. The van der Waals surface area contributed by atoms with Crippen LogP contribution in [0.5, 0.6) is 0 Å². The van der Waals surface area contributed by atoms with Crippen LogP contribution in [0.2, 0.25) is 0 Å². The van der Waals surface area contributed by atoms with Crippen LogP contribution in [0.4, 0.5) is 5.69 Å². The number of carbonyl (C=O) groups excluding carboxylic acids is 2. The van der Waals surface area contributed by atoms with Gasteiger partial charge in [0.05, 0.1) is 24.9 Å². The lowest BCUT2D eigenvalue weighted by Crippen LogP contribution is -2.33. The zero-order chi connectivity index (χ0) is 16.9. The average Bonchev–Trinajstić information content (AvgIpc) is 3.25. The molecule has 0 unspecified atom stereocenters. The monoisotopic (exact) mass is 344 g/mol. The fraction of sp³-hybridized carbons (Fsp3) is 0.333. The Labute approximate surface area is 145 Å². The van der Waals surface area contributed by atoms with E-state index >= 15 is 0 Å². The van der Waals surface area contributed by atoms with Crippen LogP contribution in [-0.2, 0) is 9.53 Å². The van der Waals surface area contributed by atoms with Gasteiger partial charge in [-0.15, -0.1) is 11.3 Å². The van der Waals surface area contributed by atoms with Gasteiger partial charge in [-0.3, -0.25) is 9.69 Å². The van der Waals surface area contributed by atoms with Gasteiger partial charge in [0.25, 0.3) is 0 Å². The molecule has 0 spiro atoms. The van der Waals surface area contributed by atoms with Crippen molar-refractivity contribution in [3.8, 4) is 0 Å². The molecule has 5 nitrogen and oxygen atoms in total. The third-order valence-electron chi connectivity index (χ3n) is 4.19. The van der Waals surface area contributed by atoms with Gasteiger partial charge in [-0.2, -0.15) is 0 Å². The maximum Gasteiger partial charge on any atom is 0.339 e. The van der Waals surface area contributed by atoms with Crippen LogP contribution >= 0.6 is 11.3 Å². The van der Waals surface area contributed by atoms with Crippen LogP contribution in [0, 0.1) is 0 Å². The van der Waals surface area contributed by atoms with E-state index in [0.29, 0.717) is 23.8 Å². The summed E-state index contributed by atoms with van der Waals surface area (Å²) in [5, 5.41) is 4.91. The lowest BCUT2D eigenvalue weighted by molar-refractivity contribution is -0.117. The van der Waals surface area contributed by atoms with E-state index in [2.05, 4.69) is 21.7 Å². The Hall–Kier alpha value is -2.18. The minimum Gasteiger partial charge on any atom is -0.465 e. The maximum absolute atomic E-state index is 12.4. The molecule has 126 valence electrons. The molecule has 3 rings (SSSR count). The van der Waals surface area contributed by atoms with Gasteiger partial charge in [0, 0.05) is 10.9 Å². The van der Waals surface area contributed by atoms with Gasteiger partial charge < -0.3 is 10.1 Å². The molecule has 1 atom stereocenters. The van der Waals surface area contributed by atoms with E-state index < -0.39 is 5.97 Å². The topological polar surface area (TPSA) is 58.6 Å². The predicted molar refractivity (Wildman–Crippen MR) is 94.3 cm³/mol. The van der Waals surface area contributed by atoms with Crippen LogP contribution in [0.1, 0.15) is 34.1 Å².